The van der Waals surface area contributed by atoms with Crippen LogP contribution in [0.5, 0.6) is 11.5 Å². The van der Waals surface area contributed by atoms with E-state index in [0.29, 0.717) is 18.0 Å². The SMILES string of the molecule is COc1ccc(OC)c(CCCN)c1N. The van der Waals surface area contributed by atoms with Crippen LogP contribution in [0.15, 0.2) is 12.1 Å². The zero-order valence-electron chi connectivity index (χ0n) is 9.25. The lowest BCUT2D eigenvalue weighted by Gasteiger charge is -2.13. The molecular weight excluding hydrogens is 192 g/mol. The minimum absolute atomic E-state index is 0.639. The lowest BCUT2D eigenvalue weighted by molar-refractivity contribution is 0.400. The highest BCUT2D eigenvalue weighted by atomic mass is 16.5. The van der Waals surface area contributed by atoms with Crippen molar-refractivity contribution in [1.29, 1.82) is 0 Å². The summed E-state index contributed by atoms with van der Waals surface area (Å²) in [7, 11) is 3.23. The maximum absolute atomic E-state index is 5.97. The zero-order chi connectivity index (χ0) is 11.3. The second-order valence-corrected chi connectivity index (χ2v) is 3.25. The third-order valence-electron chi connectivity index (χ3n) is 2.34. The molecule has 4 N–H and O–H groups in total. The largest absolute Gasteiger partial charge is 0.496 e. The Hall–Kier alpha value is -1.42. The smallest absolute Gasteiger partial charge is 0.142 e. The molecule has 0 spiro atoms. The first-order valence-corrected chi connectivity index (χ1v) is 4.94. The molecule has 84 valence electrons. The summed E-state index contributed by atoms with van der Waals surface area (Å²) in [6.45, 7) is 0.639. The van der Waals surface area contributed by atoms with E-state index >= 15 is 0 Å². The molecule has 0 aliphatic rings. The van der Waals surface area contributed by atoms with Gasteiger partial charge in [0.25, 0.3) is 0 Å². The lowest BCUT2D eigenvalue weighted by Crippen LogP contribution is -2.05. The molecular formula is C11H18N2O2. The first-order valence-electron chi connectivity index (χ1n) is 4.94. The van der Waals surface area contributed by atoms with Crippen molar-refractivity contribution in [3.05, 3.63) is 17.7 Å². The molecule has 1 aromatic rings. The van der Waals surface area contributed by atoms with Gasteiger partial charge in [-0.05, 0) is 31.5 Å². The van der Waals surface area contributed by atoms with E-state index in [1.54, 1.807) is 20.3 Å². The van der Waals surface area contributed by atoms with Crippen LogP contribution in [0, 0.1) is 0 Å². The molecule has 0 fully saturated rings. The van der Waals surface area contributed by atoms with E-state index < -0.39 is 0 Å². The molecule has 0 saturated carbocycles. The van der Waals surface area contributed by atoms with Crippen LogP contribution in [-0.2, 0) is 6.42 Å². The maximum atomic E-state index is 5.97. The highest BCUT2D eigenvalue weighted by Crippen LogP contribution is 2.33. The summed E-state index contributed by atoms with van der Waals surface area (Å²) in [5, 5.41) is 0. The van der Waals surface area contributed by atoms with Crippen molar-refractivity contribution in [2.45, 2.75) is 12.8 Å². The van der Waals surface area contributed by atoms with Gasteiger partial charge in [0.15, 0.2) is 0 Å². The van der Waals surface area contributed by atoms with Gasteiger partial charge in [-0.2, -0.15) is 0 Å². The monoisotopic (exact) mass is 210 g/mol. The minimum atomic E-state index is 0.639. The van der Waals surface area contributed by atoms with Crippen molar-refractivity contribution in [2.24, 2.45) is 5.73 Å². The molecule has 4 nitrogen and oxygen atoms in total. The molecule has 0 heterocycles. The van der Waals surface area contributed by atoms with Gasteiger partial charge in [-0.25, -0.2) is 0 Å². The molecule has 0 radical (unpaired) electrons. The average Bonchev–Trinajstić information content (AvgIpc) is 2.27. The summed E-state index contributed by atoms with van der Waals surface area (Å²) < 4.78 is 10.4. The highest BCUT2D eigenvalue weighted by Gasteiger charge is 2.11. The maximum Gasteiger partial charge on any atom is 0.142 e. The Labute approximate surface area is 90.2 Å². The summed E-state index contributed by atoms with van der Waals surface area (Å²) in [6.07, 6.45) is 1.69. The number of methoxy groups -OCH3 is 2. The Bertz CT molecular complexity index is 327. The minimum Gasteiger partial charge on any atom is -0.496 e. The molecule has 0 bridgehead atoms. The van der Waals surface area contributed by atoms with E-state index in [4.69, 9.17) is 20.9 Å². The summed E-state index contributed by atoms with van der Waals surface area (Å²) in [6, 6.07) is 3.67. The van der Waals surface area contributed by atoms with E-state index in [0.717, 1.165) is 24.2 Å². The van der Waals surface area contributed by atoms with Crippen LogP contribution in [0.25, 0.3) is 0 Å². The van der Waals surface area contributed by atoms with Gasteiger partial charge in [-0.1, -0.05) is 0 Å². The van der Waals surface area contributed by atoms with Crippen LogP contribution >= 0.6 is 0 Å². The van der Waals surface area contributed by atoms with Gasteiger partial charge >= 0.3 is 0 Å². The summed E-state index contributed by atoms with van der Waals surface area (Å²) in [5.74, 6) is 1.48. The number of hydrogen-bond donors (Lipinski definition) is 2. The Morgan fingerprint density at radius 1 is 1.13 bits per heavy atom. The van der Waals surface area contributed by atoms with Crippen LogP contribution in [0.3, 0.4) is 0 Å². The number of hydrogen-bond acceptors (Lipinski definition) is 4. The Kier molecular flexibility index (Phi) is 4.24. The van der Waals surface area contributed by atoms with Gasteiger partial charge in [0.05, 0.1) is 19.9 Å². The van der Waals surface area contributed by atoms with Crippen LogP contribution in [0.2, 0.25) is 0 Å². The molecule has 0 aliphatic carbocycles. The molecule has 1 rings (SSSR count). The standard InChI is InChI=1S/C11H18N2O2/c1-14-9-5-6-10(15-2)11(13)8(9)4-3-7-12/h5-6H,3-4,7,12-13H2,1-2H3. The molecule has 0 amide bonds. The molecule has 0 aliphatic heterocycles. The van der Waals surface area contributed by atoms with Gasteiger partial charge in [0.1, 0.15) is 11.5 Å². The van der Waals surface area contributed by atoms with Gasteiger partial charge in [0.2, 0.25) is 0 Å². The van der Waals surface area contributed by atoms with Crippen molar-refractivity contribution >= 4 is 5.69 Å². The highest BCUT2D eigenvalue weighted by molar-refractivity contribution is 5.63. The van der Waals surface area contributed by atoms with Crippen LogP contribution in [0.1, 0.15) is 12.0 Å². The van der Waals surface area contributed by atoms with Gasteiger partial charge in [0, 0.05) is 5.56 Å². The third-order valence-corrected chi connectivity index (χ3v) is 2.34. The van der Waals surface area contributed by atoms with Crippen molar-refractivity contribution in [1.82, 2.24) is 0 Å². The van der Waals surface area contributed by atoms with Crippen molar-refractivity contribution in [3.8, 4) is 11.5 Å². The van der Waals surface area contributed by atoms with Crippen molar-refractivity contribution in [3.63, 3.8) is 0 Å². The fourth-order valence-corrected chi connectivity index (χ4v) is 1.53. The van der Waals surface area contributed by atoms with Gasteiger partial charge in [-0.3, -0.25) is 0 Å². The summed E-state index contributed by atoms with van der Waals surface area (Å²) >= 11 is 0. The van der Waals surface area contributed by atoms with Crippen molar-refractivity contribution in [2.75, 3.05) is 26.5 Å². The molecule has 0 aromatic heterocycles. The Morgan fingerprint density at radius 2 is 1.73 bits per heavy atom. The first-order chi connectivity index (χ1) is 7.24. The zero-order valence-corrected chi connectivity index (χ0v) is 9.25. The Morgan fingerprint density at radius 3 is 2.27 bits per heavy atom. The van der Waals surface area contributed by atoms with E-state index in [1.165, 1.54) is 0 Å². The topological polar surface area (TPSA) is 70.5 Å². The second kappa shape index (κ2) is 5.46. The van der Waals surface area contributed by atoms with E-state index in [1.807, 2.05) is 6.07 Å². The van der Waals surface area contributed by atoms with Crippen LogP contribution in [0.4, 0.5) is 5.69 Å². The van der Waals surface area contributed by atoms with Crippen LogP contribution in [-0.4, -0.2) is 20.8 Å². The second-order valence-electron chi connectivity index (χ2n) is 3.25. The average molecular weight is 210 g/mol. The van der Waals surface area contributed by atoms with Gasteiger partial charge < -0.3 is 20.9 Å². The number of nitrogens with two attached hydrogens (primary N) is 2. The molecule has 4 heteroatoms. The molecule has 15 heavy (non-hydrogen) atoms. The molecule has 0 atom stereocenters. The summed E-state index contributed by atoms with van der Waals surface area (Å²) in [4.78, 5) is 0. The van der Waals surface area contributed by atoms with Crippen molar-refractivity contribution < 1.29 is 9.47 Å². The molecule has 0 unspecified atom stereocenters. The van der Waals surface area contributed by atoms with Crippen LogP contribution < -0.4 is 20.9 Å². The lowest BCUT2D eigenvalue weighted by atomic mass is 10.1. The molecule has 0 saturated heterocycles. The fourth-order valence-electron chi connectivity index (χ4n) is 1.53. The number of rotatable bonds is 5. The van der Waals surface area contributed by atoms with E-state index in [2.05, 4.69) is 0 Å². The number of anilines is 1. The third kappa shape index (κ3) is 2.53. The predicted octanol–water partition coefficient (Wildman–Crippen LogP) is 1.18. The normalized spacial score (nSPS) is 10.1. The number of benzene rings is 1. The molecule has 1 aromatic carbocycles. The predicted molar refractivity (Wildman–Crippen MR) is 61.3 cm³/mol. The first kappa shape index (κ1) is 11.7. The van der Waals surface area contributed by atoms with E-state index in [-0.39, 0.29) is 0 Å². The number of ether oxygens (including phenoxy) is 2. The Balaban J connectivity index is 3.05. The summed E-state index contributed by atoms with van der Waals surface area (Å²) in [5.41, 5.74) is 13.1. The quantitative estimate of drug-likeness (QED) is 0.716. The fraction of sp³-hybridized carbons (Fsp3) is 0.455. The van der Waals surface area contributed by atoms with E-state index in [9.17, 15) is 0 Å². The van der Waals surface area contributed by atoms with Gasteiger partial charge in [-0.15, -0.1) is 0 Å². The number of nitrogen functional groups attached to an aromatic ring is 1.